The third-order valence-electron chi connectivity index (χ3n) is 4.28. The Hall–Kier alpha value is -0.610. The van der Waals surface area contributed by atoms with Gasteiger partial charge in [-0.15, -0.1) is 0 Å². The van der Waals surface area contributed by atoms with Crippen LogP contribution < -0.4 is 5.32 Å². The maximum Gasteiger partial charge on any atom is 0.305 e. The summed E-state index contributed by atoms with van der Waals surface area (Å²) >= 11 is 0. The average Bonchev–Trinajstić information content (AvgIpc) is 2.47. The zero-order valence-corrected chi connectivity index (χ0v) is 14.0. The molecule has 1 atom stereocenters. The van der Waals surface area contributed by atoms with Gasteiger partial charge in [-0.3, -0.25) is 4.79 Å². The Morgan fingerprint density at radius 2 is 2.00 bits per heavy atom. The summed E-state index contributed by atoms with van der Waals surface area (Å²) in [5.74, 6) is -0.0545. The van der Waals surface area contributed by atoms with E-state index in [9.17, 15) is 4.79 Å². The minimum absolute atomic E-state index is 0.0545. The molecule has 0 radical (unpaired) electrons. The van der Waals surface area contributed by atoms with Crippen LogP contribution in [-0.2, 0) is 9.53 Å². The van der Waals surface area contributed by atoms with Gasteiger partial charge in [-0.1, -0.05) is 12.8 Å². The lowest BCUT2D eigenvalue weighted by Crippen LogP contribution is -2.38. The molecular formula is C17H34N2O2. The summed E-state index contributed by atoms with van der Waals surface area (Å²) in [6, 6.07) is 0.779. The van der Waals surface area contributed by atoms with E-state index < -0.39 is 0 Å². The van der Waals surface area contributed by atoms with Crippen molar-refractivity contribution in [1.82, 2.24) is 10.2 Å². The van der Waals surface area contributed by atoms with Gasteiger partial charge in [0, 0.05) is 12.5 Å². The van der Waals surface area contributed by atoms with Crippen LogP contribution in [0.1, 0.15) is 65.2 Å². The van der Waals surface area contributed by atoms with Crippen molar-refractivity contribution in [3.8, 4) is 0 Å². The summed E-state index contributed by atoms with van der Waals surface area (Å²) in [4.78, 5) is 13.8. The van der Waals surface area contributed by atoms with Gasteiger partial charge in [0.2, 0.25) is 0 Å². The molecule has 1 saturated heterocycles. The minimum atomic E-state index is -0.0545. The second-order valence-electron chi connectivity index (χ2n) is 6.10. The molecular weight excluding hydrogens is 264 g/mol. The van der Waals surface area contributed by atoms with Crippen molar-refractivity contribution in [3.63, 3.8) is 0 Å². The summed E-state index contributed by atoms with van der Waals surface area (Å²) < 4.78 is 4.91. The van der Waals surface area contributed by atoms with Crippen molar-refractivity contribution in [2.24, 2.45) is 0 Å². The van der Waals surface area contributed by atoms with E-state index in [4.69, 9.17) is 4.74 Å². The molecule has 0 amide bonds. The van der Waals surface area contributed by atoms with Crippen molar-refractivity contribution in [2.75, 3.05) is 32.8 Å². The number of carbonyl (C=O) groups excluding carboxylic acids is 1. The molecule has 0 spiro atoms. The number of ether oxygens (including phenoxy) is 1. The number of carbonyl (C=O) groups is 1. The Labute approximate surface area is 130 Å². The van der Waals surface area contributed by atoms with Crippen LogP contribution in [0.3, 0.4) is 0 Å². The van der Waals surface area contributed by atoms with Crippen LogP contribution in [0, 0.1) is 0 Å². The largest absolute Gasteiger partial charge is 0.466 e. The maximum atomic E-state index is 11.2. The zero-order chi connectivity index (χ0) is 15.3. The molecule has 1 N–H and O–H groups in total. The molecule has 0 aliphatic carbocycles. The van der Waals surface area contributed by atoms with E-state index in [1.54, 1.807) is 0 Å². The molecule has 4 heteroatoms. The predicted molar refractivity (Wildman–Crippen MR) is 87.5 cm³/mol. The van der Waals surface area contributed by atoms with Crippen LogP contribution in [0.2, 0.25) is 0 Å². The highest BCUT2D eigenvalue weighted by atomic mass is 16.5. The zero-order valence-electron chi connectivity index (χ0n) is 14.0. The average molecular weight is 298 g/mol. The number of likely N-dealkylation sites (tertiary alicyclic amines) is 1. The number of hydrogen-bond acceptors (Lipinski definition) is 4. The fraction of sp³-hybridized carbons (Fsp3) is 0.941. The monoisotopic (exact) mass is 298 g/mol. The van der Waals surface area contributed by atoms with Crippen molar-refractivity contribution in [1.29, 1.82) is 0 Å². The third-order valence-corrected chi connectivity index (χ3v) is 4.28. The van der Waals surface area contributed by atoms with Gasteiger partial charge in [0.15, 0.2) is 0 Å². The molecule has 0 aromatic rings. The summed E-state index contributed by atoms with van der Waals surface area (Å²) in [5, 5.41) is 3.51. The van der Waals surface area contributed by atoms with Gasteiger partial charge in [-0.2, -0.15) is 0 Å². The van der Waals surface area contributed by atoms with Crippen molar-refractivity contribution >= 4 is 5.97 Å². The second-order valence-corrected chi connectivity index (χ2v) is 6.10. The van der Waals surface area contributed by atoms with E-state index in [1.807, 2.05) is 6.92 Å². The standard InChI is InChI=1S/C17H34N2O2/c1-3-21-17(20)11-5-4-7-12-18-13-9-15-19-14-8-6-10-16(19)2/h16,18H,3-15H2,1-2H3. The molecule has 1 fully saturated rings. The lowest BCUT2D eigenvalue weighted by Gasteiger charge is -2.33. The van der Waals surface area contributed by atoms with Crippen LogP contribution in [0.15, 0.2) is 0 Å². The normalized spacial score (nSPS) is 19.6. The Balaban J connectivity index is 1.83. The highest BCUT2D eigenvalue weighted by Gasteiger charge is 2.16. The van der Waals surface area contributed by atoms with Crippen LogP contribution >= 0.6 is 0 Å². The molecule has 21 heavy (non-hydrogen) atoms. The molecule has 1 aliphatic rings. The number of esters is 1. The summed E-state index contributed by atoms with van der Waals surface area (Å²) in [5.41, 5.74) is 0. The highest BCUT2D eigenvalue weighted by Crippen LogP contribution is 2.15. The third kappa shape index (κ3) is 9.10. The van der Waals surface area contributed by atoms with E-state index >= 15 is 0 Å². The summed E-state index contributed by atoms with van der Waals surface area (Å²) in [6.07, 6.45) is 9.17. The molecule has 1 heterocycles. The Morgan fingerprint density at radius 1 is 1.19 bits per heavy atom. The van der Waals surface area contributed by atoms with Crippen LogP contribution in [-0.4, -0.2) is 49.7 Å². The van der Waals surface area contributed by atoms with Gasteiger partial charge in [0.05, 0.1) is 6.61 Å². The molecule has 0 aromatic heterocycles. The molecule has 124 valence electrons. The number of nitrogens with zero attached hydrogens (tertiary/aromatic N) is 1. The minimum Gasteiger partial charge on any atom is -0.466 e. The Morgan fingerprint density at radius 3 is 2.76 bits per heavy atom. The fourth-order valence-electron chi connectivity index (χ4n) is 2.95. The molecule has 4 nitrogen and oxygen atoms in total. The van der Waals surface area contributed by atoms with Gasteiger partial charge >= 0.3 is 5.97 Å². The first-order chi connectivity index (χ1) is 10.2. The predicted octanol–water partition coefficient (Wildman–Crippen LogP) is 2.96. The fourth-order valence-corrected chi connectivity index (χ4v) is 2.95. The first kappa shape index (κ1) is 18.4. The van der Waals surface area contributed by atoms with Gasteiger partial charge in [-0.25, -0.2) is 0 Å². The second kappa shape index (κ2) is 12.0. The highest BCUT2D eigenvalue weighted by molar-refractivity contribution is 5.69. The summed E-state index contributed by atoms with van der Waals surface area (Å²) in [6.45, 7) is 9.41. The van der Waals surface area contributed by atoms with E-state index in [1.165, 1.54) is 38.8 Å². The first-order valence-corrected chi connectivity index (χ1v) is 8.84. The lowest BCUT2D eigenvalue weighted by atomic mass is 10.0. The van der Waals surface area contributed by atoms with Crippen LogP contribution in [0.4, 0.5) is 0 Å². The summed E-state index contributed by atoms with van der Waals surface area (Å²) in [7, 11) is 0. The van der Waals surface area contributed by atoms with Crippen LogP contribution in [0.25, 0.3) is 0 Å². The maximum absolute atomic E-state index is 11.2. The van der Waals surface area contributed by atoms with Gasteiger partial charge in [0.25, 0.3) is 0 Å². The number of piperidine rings is 1. The van der Waals surface area contributed by atoms with Crippen LogP contribution in [0.5, 0.6) is 0 Å². The van der Waals surface area contributed by atoms with Crippen molar-refractivity contribution < 1.29 is 9.53 Å². The van der Waals surface area contributed by atoms with E-state index in [0.29, 0.717) is 13.0 Å². The molecule has 1 rings (SSSR count). The molecule has 0 aromatic carbocycles. The number of hydrogen-bond donors (Lipinski definition) is 1. The SMILES string of the molecule is CCOC(=O)CCCCCNCCCN1CCCCC1C. The number of unbranched alkanes of at least 4 members (excludes halogenated alkanes) is 2. The Bertz CT molecular complexity index is 272. The van der Waals surface area contributed by atoms with Gasteiger partial charge < -0.3 is 15.0 Å². The topological polar surface area (TPSA) is 41.6 Å². The van der Waals surface area contributed by atoms with E-state index in [-0.39, 0.29) is 5.97 Å². The van der Waals surface area contributed by atoms with Crippen molar-refractivity contribution in [2.45, 2.75) is 71.3 Å². The smallest absolute Gasteiger partial charge is 0.305 e. The molecule has 0 bridgehead atoms. The number of nitrogens with one attached hydrogen (secondary N) is 1. The van der Waals surface area contributed by atoms with E-state index in [2.05, 4.69) is 17.1 Å². The number of rotatable bonds is 11. The lowest BCUT2D eigenvalue weighted by molar-refractivity contribution is -0.143. The van der Waals surface area contributed by atoms with Gasteiger partial charge in [-0.05, 0) is 72.1 Å². The Kier molecular flexibility index (Phi) is 10.5. The molecule has 0 saturated carbocycles. The molecule has 1 unspecified atom stereocenters. The van der Waals surface area contributed by atoms with Gasteiger partial charge in [0.1, 0.15) is 0 Å². The molecule has 1 aliphatic heterocycles. The quantitative estimate of drug-likeness (QED) is 0.470. The van der Waals surface area contributed by atoms with E-state index in [0.717, 1.165) is 38.4 Å². The van der Waals surface area contributed by atoms with Crippen molar-refractivity contribution in [3.05, 3.63) is 0 Å². The first-order valence-electron chi connectivity index (χ1n) is 8.84.